The molecule has 2 aromatic carbocycles. The number of hydrogen-bond acceptors (Lipinski definition) is 5. The summed E-state index contributed by atoms with van der Waals surface area (Å²) in [6.07, 6.45) is 1.77. The molecule has 0 fully saturated rings. The van der Waals surface area contributed by atoms with E-state index in [1.165, 1.54) is 10.4 Å². The monoisotopic (exact) mass is 534 g/mol. The third-order valence-electron chi connectivity index (χ3n) is 7.02. The molecule has 0 aliphatic carbocycles. The molecule has 2 amide bonds. The van der Waals surface area contributed by atoms with Crippen molar-refractivity contribution in [1.29, 1.82) is 0 Å². The number of thiophene rings is 1. The van der Waals surface area contributed by atoms with Gasteiger partial charge in [-0.1, -0.05) is 56.3 Å². The second kappa shape index (κ2) is 13.6. The van der Waals surface area contributed by atoms with Crippen LogP contribution in [0.4, 0.5) is 0 Å². The highest BCUT2D eigenvalue weighted by atomic mass is 32.1. The Morgan fingerprint density at radius 1 is 1.08 bits per heavy atom. The molecule has 2 heterocycles. The van der Waals surface area contributed by atoms with Crippen LogP contribution in [0.15, 0.2) is 66.0 Å². The summed E-state index contributed by atoms with van der Waals surface area (Å²) in [5, 5.41) is 2.09. The van der Waals surface area contributed by atoms with Gasteiger partial charge >= 0.3 is 0 Å². The Hall–Kier alpha value is -3.16. The van der Waals surface area contributed by atoms with Crippen molar-refractivity contribution >= 4 is 23.2 Å². The number of ether oxygens (including phenoxy) is 2. The first-order valence-electron chi connectivity index (χ1n) is 13.4. The van der Waals surface area contributed by atoms with E-state index in [-0.39, 0.29) is 30.8 Å². The minimum Gasteiger partial charge on any atom is -0.491 e. The van der Waals surface area contributed by atoms with Crippen LogP contribution < -0.4 is 4.74 Å². The fourth-order valence-corrected chi connectivity index (χ4v) is 5.75. The Morgan fingerprint density at radius 2 is 1.84 bits per heavy atom. The summed E-state index contributed by atoms with van der Waals surface area (Å²) in [7, 11) is 1.65. The molecule has 0 bridgehead atoms. The Kier molecular flexibility index (Phi) is 9.96. The lowest BCUT2D eigenvalue weighted by Crippen LogP contribution is -2.48. The number of benzene rings is 2. The molecule has 1 unspecified atom stereocenters. The molecule has 3 aromatic rings. The highest BCUT2D eigenvalue weighted by Gasteiger charge is 2.33. The minimum absolute atomic E-state index is 0.0491. The molecule has 0 saturated heterocycles. The number of amides is 2. The number of hydrogen-bond donors (Lipinski definition) is 0. The molecule has 1 aliphatic rings. The molecule has 7 heteroatoms. The van der Waals surface area contributed by atoms with Crippen molar-refractivity contribution in [2.75, 3.05) is 40.0 Å². The van der Waals surface area contributed by atoms with Crippen LogP contribution in [0, 0.1) is 0 Å². The zero-order chi connectivity index (χ0) is 26.9. The van der Waals surface area contributed by atoms with Crippen LogP contribution in [0.2, 0.25) is 0 Å². The van der Waals surface area contributed by atoms with Crippen molar-refractivity contribution in [1.82, 2.24) is 9.80 Å². The second-order valence-corrected chi connectivity index (χ2v) is 11.0. The first-order valence-corrected chi connectivity index (χ1v) is 14.2. The summed E-state index contributed by atoms with van der Waals surface area (Å²) in [4.78, 5) is 31.8. The largest absolute Gasteiger partial charge is 0.491 e. The van der Waals surface area contributed by atoms with E-state index in [0.29, 0.717) is 38.6 Å². The first kappa shape index (κ1) is 27.9. The highest BCUT2D eigenvalue weighted by Crippen LogP contribution is 2.34. The van der Waals surface area contributed by atoms with Gasteiger partial charge in [-0.25, -0.2) is 0 Å². The standard InChI is InChI=1S/C31H38N2O4S/c1-23(2)25-10-12-26(13-11-25)37-22-28-27-15-19-38-29(27)14-17-33(28)31(35)21-32(16-7-18-36-3)30(34)20-24-8-5-4-6-9-24/h4-6,8-13,15,19,23,28H,7,14,16-18,20-22H2,1-3H3. The fourth-order valence-electron chi connectivity index (χ4n) is 4.83. The Balaban J connectivity index is 1.47. The lowest BCUT2D eigenvalue weighted by Gasteiger charge is -2.37. The van der Waals surface area contributed by atoms with Crippen molar-refractivity contribution in [3.05, 3.63) is 87.6 Å². The normalized spacial score (nSPS) is 14.8. The van der Waals surface area contributed by atoms with Crippen LogP contribution in [0.5, 0.6) is 5.75 Å². The third-order valence-corrected chi connectivity index (χ3v) is 8.02. The second-order valence-electron chi connectivity index (χ2n) is 10.0. The number of fused-ring (bicyclic) bond motifs is 1. The maximum atomic E-state index is 13.7. The molecular formula is C31H38N2O4S. The van der Waals surface area contributed by atoms with Crippen LogP contribution in [0.3, 0.4) is 0 Å². The topological polar surface area (TPSA) is 59.1 Å². The van der Waals surface area contributed by atoms with Gasteiger partial charge in [-0.2, -0.15) is 0 Å². The molecule has 1 aliphatic heterocycles. The highest BCUT2D eigenvalue weighted by molar-refractivity contribution is 7.10. The molecule has 0 spiro atoms. The average Bonchev–Trinajstić information content (AvgIpc) is 3.41. The van der Waals surface area contributed by atoms with Gasteiger partial charge < -0.3 is 19.3 Å². The van der Waals surface area contributed by atoms with Crippen LogP contribution in [-0.4, -0.2) is 61.6 Å². The minimum atomic E-state index is -0.188. The Bertz CT molecular complexity index is 1180. The Morgan fingerprint density at radius 3 is 2.55 bits per heavy atom. The molecule has 0 saturated carbocycles. The van der Waals surface area contributed by atoms with E-state index in [1.54, 1.807) is 23.3 Å². The molecule has 6 nitrogen and oxygen atoms in total. The van der Waals surface area contributed by atoms with E-state index in [4.69, 9.17) is 9.47 Å². The summed E-state index contributed by atoms with van der Waals surface area (Å²) in [6, 6.07) is 19.8. The van der Waals surface area contributed by atoms with Crippen molar-refractivity contribution < 1.29 is 19.1 Å². The Labute approximate surface area is 230 Å². The average molecular weight is 535 g/mol. The maximum absolute atomic E-state index is 13.7. The van der Waals surface area contributed by atoms with Gasteiger partial charge in [-0.15, -0.1) is 11.3 Å². The molecular weight excluding hydrogens is 496 g/mol. The zero-order valence-electron chi connectivity index (χ0n) is 22.6. The van der Waals surface area contributed by atoms with Crippen LogP contribution in [0.1, 0.15) is 53.8 Å². The van der Waals surface area contributed by atoms with Crippen molar-refractivity contribution in [2.45, 2.75) is 45.1 Å². The van der Waals surface area contributed by atoms with Crippen LogP contribution in [0.25, 0.3) is 0 Å². The molecule has 202 valence electrons. The van der Waals surface area contributed by atoms with Gasteiger partial charge in [0.05, 0.1) is 19.0 Å². The van der Waals surface area contributed by atoms with Gasteiger partial charge in [-0.05, 0) is 59.0 Å². The lowest BCUT2D eigenvalue weighted by molar-refractivity contribution is -0.142. The number of carbonyl (C=O) groups excluding carboxylic acids is 2. The summed E-state index contributed by atoms with van der Waals surface area (Å²) in [5.41, 5.74) is 3.35. The summed E-state index contributed by atoms with van der Waals surface area (Å²) < 4.78 is 11.4. The molecule has 4 rings (SSSR count). The molecule has 1 aromatic heterocycles. The van der Waals surface area contributed by atoms with Gasteiger partial charge in [0.1, 0.15) is 12.4 Å². The van der Waals surface area contributed by atoms with Crippen molar-refractivity contribution in [3.8, 4) is 5.75 Å². The van der Waals surface area contributed by atoms with Gasteiger partial charge in [0.25, 0.3) is 0 Å². The van der Waals surface area contributed by atoms with Gasteiger partial charge in [-0.3, -0.25) is 9.59 Å². The summed E-state index contributed by atoms with van der Waals surface area (Å²) in [6.45, 7) is 6.40. The first-order chi connectivity index (χ1) is 18.5. The lowest BCUT2D eigenvalue weighted by atomic mass is 10.00. The van der Waals surface area contributed by atoms with E-state index in [9.17, 15) is 9.59 Å². The van der Waals surface area contributed by atoms with E-state index in [0.717, 1.165) is 23.3 Å². The van der Waals surface area contributed by atoms with E-state index < -0.39 is 0 Å². The van der Waals surface area contributed by atoms with Crippen LogP contribution in [-0.2, 0) is 27.2 Å². The van der Waals surface area contributed by atoms with Crippen molar-refractivity contribution in [3.63, 3.8) is 0 Å². The van der Waals surface area contributed by atoms with E-state index in [2.05, 4.69) is 37.4 Å². The quantitative estimate of drug-likeness (QED) is 0.289. The number of carbonyl (C=O) groups is 2. The van der Waals surface area contributed by atoms with E-state index in [1.807, 2.05) is 47.4 Å². The summed E-state index contributed by atoms with van der Waals surface area (Å²) in [5.74, 6) is 1.15. The predicted molar refractivity (Wildman–Crippen MR) is 152 cm³/mol. The van der Waals surface area contributed by atoms with Gasteiger partial charge in [0.2, 0.25) is 11.8 Å². The van der Waals surface area contributed by atoms with Gasteiger partial charge in [0.15, 0.2) is 0 Å². The molecule has 0 radical (unpaired) electrons. The molecule has 38 heavy (non-hydrogen) atoms. The van der Waals surface area contributed by atoms with E-state index >= 15 is 0 Å². The molecule has 1 atom stereocenters. The molecule has 0 N–H and O–H groups in total. The van der Waals surface area contributed by atoms with Gasteiger partial charge in [0, 0.05) is 31.7 Å². The number of methoxy groups -OCH3 is 1. The fraction of sp³-hybridized carbons (Fsp3) is 0.419. The number of rotatable bonds is 12. The predicted octanol–water partition coefficient (Wildman–Crippen LogP) is 5.48. The van der Waals surface area contributed by atoms with Crippen LogP contribution >= 0.6 is 11.3 Å². The summed E-state index contributed by atoms with van der Waals surface area (Å²) >= 11 is 1.73. The number of nitrogens with zero attached hydrogens (tertiary/aromatic N) is 2. The third kappa shape index (κ3) is 7.23. The maximum Gasteiger partial charge on any atom is 0.242 e. The van der Waals surface area contributed by atoms with Crippen molar-refractivity contribution in [2.24, 2.45) is 0 Å². The smallest absolute Gasteiger partial charge is 0.242 e. The SMILES string of the molecule is COCCCN(CC(=O)N1CCc2sccc2C1COc1ccc(C(C)C)cc1)C(=O)Cc1ccccc1. The zero-order valence-corrected chi connectivity index (χ0v) is 23.4.